The summed E-state index contributed by atoms with van der Waals surface area (Å²) in [5, 5.41) is 0. The summed E-state index contributed by atoms with van der Waals surface area (Å²) in [4.78, 5) is 0. The first-order valence-corrected chi connectivity index (χ1v) is 4.52. The van der Waals surface area contributed by atoms with Crippen LogP contribution in [0.3, 0.4) is 0 Å². The number of nitrogens with two attached hydrogens (primary N) is 1. The predicted octanol–water partition coefficient (Wildman–Crippen LogP) is 1.89. The van der Waals surface area contributed by atoms with Gasteiger partial charge < -0.3 is 10.5 Å². The molecule has 0 radical (unpaired) electrons. The summed E-state index contributed by atoms with van der Waals surface area (Å²) < 4.78 is 5.18. The van der Waals surface area contributed by atoms with Crippen molar-refractivity contribution >= 4 is 0 Å². The number of hydrogen-bond donors (Lipinski definition) is 1. The van der Waals surface area contributed by atoms with Crippen LogP contribution in [0.4, 0.5) is 0 Å². The second kappa shape index (κ2) is 4.28. The van der Waals surface area contributed by atoms with Gasteiger partial charge in [-0.15, -0.1) is 0 Å². The minimum atomic E-state index is 0.200. The van der Waals surface area contributed by atoms with Crippen LogP contribution in [-0.2, 0) is 6.42 Å². The van der Waals surface area contributed by atoms with Gasteiger partial charge in [-0.3, -0.25) is 0 Å². The van der Waals surface area contributed by atoms with Crippen molar-refractivity contribution in [3.05, 3.63) is 29.3 Å². The summed E-state index contributed by atoms with van der Waals surface area (Å²) in [5.41, 5.74) is 8.19. The Balaban J connectivity index is 2.88. The summed E-state index contributed by atoms with van der Waals surface area (Å²) in [6.45, 7) is 4.07. The van der Waals surface area contributed by atoms with E-state index < -0.39 is 0 Å². The lowest BCUT2D eigenvalue weighted by Gasteiger charge is -2.08. The zero-order valence-electron chi connectivity index (χ0n) is 8.50. The maximum Gasteiger partial charge on any atom is 0.119 e. The number of ether oxygens (including phenoxy) is 1. The third-order valence-corrected chi connectivity index (χ3v) is 1.90. The summed E-state index contributed by atoms with van der Waals surface area (Å²) in [6, 6.07) is 6.40. The van der Waals surface area contributed by atoms with Gasteiger partial charge >= 0.3 is 0 Å². The molecule has 2 heteroatoms. The quantitative estimate of drug-likeness (QED) is 0.769. The third kappa shape index (κ3) is 3.07. The number of hydrogen-bond acceptors (Lipinski definition) is 2. The van der Waals surface area contributed by atoms with Gasteiger partial charge in [0.15, 0.2) is 0 Å². The van der Waals surface area contributed by atoms with Gasteiger partial charge in [-0.2, -0.15) is 0 Å². The highest BCUT2D eigenvalue weighted by Crippen LogP contribution is 2.17. The standard InChI is InChI=1S/C11H17NO/c1-8-4-10(6-9(2)12)7-11(5-8)13-3/h4-5,7,9H,6,12H2,1-3H3/t9-/m1/s1. The molecule has 13 heavy (non-hydrogen) atoms. The van der Waals surface area contributed by atoms with Crippen molar-refractivity contribution in [3.8, 4) is 5.75 Å². The molecule has 0 aromatic heterocycles. The molecule has 0 bridgehead atoms. The first-order valence-electron chi connectivity index (χ1n) is 4.52. The van der Waals surface area contributed by atoms with Gasteiger partial charge in [-0.05, 0) is 43.5 Å². The summed E-state index contributed by atoms with van der Waals surface area (Å²) in [7, 11) is 1.68. The molecule has 1 aromatic rings. The number of aryl methyl sites for hydroxylation is 1. The van der Waals surface area contributed by atoms with Gasteiger partial charge in [0, 0.05) is 6.04 Å². The Kier molecular flexibility index (Phi) is 3.32. The van der Waals surface area contributed by atoms with Crippen molar-refractivity contribution in [2.75, 3.05) is 7.11 Å². The molecule has 0 aliphatic rings. The first kappa shape index (κ1) is 10.1. The Labute approximate surface area is 79.7 Å². The van der Waals surface area contributed by atoms with Gasteiger partial charge in [-0.25, -0.2) is 0 Å². The van der Waals surface area contributed by atoms with Crippen molar-refractivity contribution in [1.29, 1.82) is 0 Å². The van der Waals surface area contributed by atoms with E-state index in [9.17, 15) is 0 Å². The van der Waals surface area contributed by atoms with E-state index in [1.807, 2.05) is 19.1 Å². The maximum atomic E-state index is 5.73. The van der Waals surface area contributed by atoms with Crippen molar-refractivity contribution in [2.45, 2.75) is 26.3 Å². The van der Waals surface area contributed by atoms with E-state index in [2.05, 4.69) is 13.0 Å². The highest BCUT2D eigenvalue weighted by atomic mass is 16.5. The van der Waals surface area contributed by atoms with E-state index in [0.717, 1.165) is 12.2 Å². The average molecular weight is 179 g/mol. The zero-order valence-corrected chi connectivity index (χ0v) is 8.50. The molecule has 0 aliphatic heterocycles. The van der Waals surface area contributed by atoms with Gasteiger partial charge in [0.05, 0.1) is 7.11 Å². The molecule has 2 N–H and O–H groups in total. The van der Waals surface area contributed by atoms with Crippen molar-refractivity contribution in [1.82, 2.24) is 0 Å². The molecule has 0 spiro atoms. The van der Waals surface area contributed by atoms with Crippen LogP contribution in [0.15, 0.2) is 18.2 Å². The molecular weight excluding hydrogens is 162 g/mol. The number of methoxy groups -OCH3 is 1. The first-order chi connectivity index (χ1) is 6.11. The van der Waals surface area contributed by atoms with Crippen molar-refractivity contribution < 1.29 is 4.74 Å². The van der Waals surface area contributed by atoms with E-state index in [1.54, 1.807) is 7.11 Å². The predicted molar refractivity (Wildman–Crippen MR) is 55.1 cm³/mol. The largest absolute Gasteiger partial charge is 0.497 e. The third-order valence-electron chi connectivity index (χ3n) is 1.90. The molecule has 2 nitrogen and oxygen atoms in total. The van der Waals surface area contributed by atoms with Crippen LogP contribution >= 0.6 is 0 Å². The normalized spacial score (nSPS) is 12.6. The van der Waals surface area contributed by atoms with Gasteiger partial charge in [0.1, 0.15) is 5.75 Å². The summed E-state index contributed by atoms with van der Waals surface area (Å²) >= 11 is 0. The molecular formula is C11H17NO. The lowest BCUT2D eigenvalue weighted by molar-refractivity contribution is 0.414. The minimum Gasteiger partial charge on any atom is -0.497 e. The lowest BCUT2D eigenvalue weighted by Crippen LogP contribution is -2.17. The molecule has 0 heterocycles. The Bertz CT molecular complexity index is 281. The van der Waals surface area contributed by atoms with Gasteiger partial charge in [-0.1, -0.05) is 6.07 Å². The van der Waals surface area contributed by atoms with E-state index in [1.165, 1.54) is 11.1 Å². The molecule has 72 valence electrons. The molecule has 0 unspecified atom stereocenters. The maximum absolute atomic E-state index is 5.73. The fourth-order valence-electron chi connectivity index (χ4n) is 1.43. The van der Waals surface area contributed by atoms with Crippen LogP contribution in [0.5, 0.6) is 5.75 Å². The van der Waals surface area contributed by atoms with Crippen LogP contribution < -0.4 is 10.5 Å². The van der Waals surface area contributed by atoms with E-state index >= 15 is 0 Å². The van der Waals surface area contributed by atoms with Crippen LogP contribution in [0, 0.1) is 6.92 Å². The van der Waals surface area contributed by atoms with Crippen LogP contribution in [0.25, 0.3) is 0 Å². The molecule has 0 amide bonds. The van der Waals surface area contributed by atoms with Gasteiger partial charge in [0.25, 0.3) is 0 Å². The average Bonchev–Trinajstić information content (AvgIpc) is 2.01. The highest BCUT2D eigenvalue weighted by molar-refractivity contribution is 5.34. The SMILES string of the molecule is COc1cc(C)cc(C[C@@H](C)N)c1. The number of rotatable bonds is 3. The van der Waals surface area contributed by atoms with Crippen LogP contribution in [0.2, 0.25) is 0 Å². The minimum absolute atomic E-state index is 0.200. The lowest BCUT2D eigenvalue weighted by atomic mass is 10.0. The second-order valence-electron chi connectivity index (χ2n) is 3.54. The monoisotopic (exact) mass is 179 g/mol. The van der Waals surface area contributed by atoms with E-state index in [4.69, 9.17) is 10.5 Å². The molecule has 1 atom stereocenters. The number of benzene rings is 1. The molecule has 0 fully saturated rings. The second-order valence-corrected chi connectivity index (χ2v) is 3.54. The fraction of sp³-hybridized carbons (Fsp3) is 0.455. The van der Waals surface area contributed by atoms with Crippen LogP contribution in [0.1, 0.15) is 18.1 Å². The topological polar surface area (TPSA) is 35.2 Å². The van der Waals surface area contributed by atoms with Crippen molar-refractivity contribution in [3.63, 3.8) is 0 Å². The molecule has 0 saturated heterocycles. The van der Waals surface area contributed by atoms with Gasteiger partial charge in [0.2, 0.25) is 0 Å². The molecule has 0 saturated carbocycles. The molecule has 0 aliphatic carbocycles. The van der Waals surface area contributed by atoms with E-state index in [0.29, 0.717) is 0 Å². The summed E-state index contributed by atoms with van der Waals surface area (Å²) in [5.74, 6) is 0.913. The highest BCUT2D eigenvalue weighted by Gasteiger charge is 2.01. The Hall–Kier alpha value is -1.02. The zero-order chi connectivity index (χ0) is 9.84. The fourth-order valence-corrected chi connectivity index (χ4v) is 1.43. The van der Waals surface area contributed by atoms with E-state index in [-0.39, 0.29) is 6.04 Å². The molecule has 1 rings (SSSR count). The van der Waals surface area contributed by atoms with Crippen LogP contribution in [-0.4, -0.2) is 13.2 Å². The smallest absolute Gasteiger partial charge is 0.119 e. The molecule has 1 aromatic carbocycles. The Morgan fingerprint density at radius 2 is 2.08 bits per heavy atom. The van der Waals surface area contributed by atoms with Crippen molar-refractivity contribution in [2.24, 2.45) is 5.73 Å². The Morgan fingerprint density at radius 3 is 2.62 bits per heavy atom. The summed E-state index contributed by atoms with van der Waals surface area (Å²) in [6.07, 6.45) is 0.901. The Morgan fingerprint density at radius 1 is 1.38 bits per heavy atom.